The van der Waals surface area contributed by atoms with Gasteiger partial charge in [-0.05, 0) is 124 Å². The van der Waals surface area contributed by atoms with E-state index in [0.29, 0.717) is 5.82 Å². The van der Waals surface area contributed by atoms with Crippen molar-refractivity contribution in [3.63, 3.8) is 0 Å². The molecule has 0 saturated heterocycles. The molecule has 2 heteroatoms. The lowest BCUT2D eigenvalue weighted by Gasteiger charge is -2.18. The summed E-state index contributed by atoms with van der Waals surface area (Å²) in [6.45, 7) is 0. The molecule has 0 atom stereocenters. The number of hydrogen-bond donors (Lipinski definition) is 0. The molecule has 0 amide bonds. The highest BCUT2D eigenvalue weighted by Crippen LogP contribution is 2.44. The second-order valence-corrected chi connectivity index (χ2v) is 16.5. The lowest BCUT2D eigenvalue weighted by molar-refractivity contribution is 1.18. The average molecular weight is 813 g/mol. The van der Waals surface area contributed by atoms with Gasteiger partial charge in [-0.1, -0.05) is 206 Å². The maximum atomic E-state index is 5.56. The maximum Gasteiger partial charge on any atom is 0.161 e. The Hall–Kier alpha value is -8.46. The molecule has 0 bridgehead atoms. The van der Waals surface area contributed by atoms with Gasteiger partial charge in [0.05, 0.1) is 11.4 Å². The van der Waals surface area contributed by atoms with Crippen molar-refractivity contribution in [3.05, 3.63) is 243 Å². The second kappa shape index (κ2) is 15.8. The minimum Gasteiger partial charge on any atom is -0.228 e. The van der Waals surface area contributed by atoms with E-state index >= 15 is 0 Å². The van der Waals surface area contributed by atoms with E-state index in [1.165, 1.54) is 48.7 Å². The van der Waals surface area contributed by atoms with Gasteiger partial charge in [-0.25, -0.2) is 9.97 Å². The second-order valence-electron chi connectivity index (χ2n) is 16.5. The van der Waals surface area contributed by atoms with E-state index in [-0.39, 0.29) is 0 Å². The minimum atomic E-state index is 0.676. The molecular formula is C62H40N2. The molecule has 0 aliphatic carbocycles. The van der Waals surface area contributed by atoms with Crippen LogP contribution < -0.4 is 0 Å². The fourth-order valence-corrected chi connectivity index (χ4v) is 9.56. The lowest BCUT2D eigenvalue weighted by Crippen LogP contribution is -1.99. The van der Waals surface area contributed by atoms with Crippen molar-refractivity contribution in [1.82, 2.24) is 9.97 Å². The zero-order chi connectivity index (χ0) is 42.4. The van der Waals surface area contributed by atoms with E-state index in [1.807, 2.05) is 0 Å². The fraction of sp³-hybridized carbons (Fsp3) is 0. The molecule has 64 heavy (non-hydrogen) atoms. The van der Waals surface area contributed by atoms with Crippen molar-refractivity contribution < 1.29 is 0 Å². The highest BCUT2D eigenvalue weighted by Gasteiger charge is 2.20. The first-order valence-electron chi connectivity index (χ1n) is 21.9. The van der Waals surface area contributed by atoms with Crippen molar-refractivity contribution in [2.75, 3.05) is 0 Å². The largest absolute Gasteiger partial charge is 0.228 e. The Morgan fingerprint density at radius 3 is 1.50 bits per heavy atom. The first-order chi connectivity index (χ1) is 31.7. The van der Waals surface area contributed by atoms with Crippen LogP contribution in [-0.2, 0) is 0 Å². The molecule has 0 unspecified atom stereocenters. The Bertz CT molecular complexity index is 3620. The summed E-state index contributed by atoms with van der Waals surface area (Å²) in [5.74, 6) is 0.676. The van der Waals surface area contributed by atoms with Crippen molar-refractivity contribution in [3.8, 4) is 78.4 Å². The third-order valence-corrected chi connectivity index (χ3v) is 12.6. The molecule has 0 fully saturated rings. The van der Waals surface area contributed by atoms with Gasteiger partial charge in [-0.3, -0.25) is 0 Å². The Balaban J connectivity index is 1.16. The zero-order valence-corrected chi connectivity index (χ0v) is 35.0. The molecule has 0 aliphatic heterocycles. The molecule has 0 spiro atoms. The number of hydrogen-bond acceptors (Lipinski definition) is 2. The smallest absolute Gasteiger partial charge is 0.161 e. The van der Waals surface area contributed by atoms with Gasteiger partial charge in [-0.2, -0.15) is 0 Å². The maximum absolute atomic E-state index is 5.56. The van der Waals surface area contributed by atoms with E-state index in [1.54, 1.807) is 0 Å². The number of benzene rings is 11. The Labute approximate surface area is 372 Å². The molecule has 1 heterocycles. The predicted molar refractivity (Wildman–Crippen MR) is 270 cm³/mol. The molecule has 11 aromatic carbocycles. The van der Waals surface area contributed by atoms with Gasteiger partial charge >= 0.3 is 0 Å². The molecule has 2 nitrogen and oxygen atoms in total. The van der Waals surface area contributed by atoms with Gasteiger partial charge < -0.3 is 0 Å². The molecule has 12 rings (SSSR count). The summed E-state index contributed by atoms with van der Waals surface area (Å²) in [4.78, 5) is 11.0. The molecular weight excluding hydrogens is 773 g/mol. The third-order valence-electron chi connectivity index (χ3n) is 12.6. The zero-order valence-electron chi connectivity index (χ0n) is 35.0. The average Bonchev–Trinajstić information content (AvgIpc) is 3.38. The van der Waals surface area contributed by atoms with Gasteiger partial charge in [0, 0.05) is 16.7 Å². The van der Waals surface area contributed by atoms with Crippen molar-refractivity contribution >= 4 is 43.1 Å². The van der Waals surface area contributed by atoms with Gasteiger partial charge in [0.1, 0.15) is 0 Å². The summed E-state index contributed by atoms with van der Waals surface area (Å²) in [5.41, 5.74) is 13.8. The standard InChI is InChI=1S/C62H40N2/c1-3-18-42(19-4-1)51-25-13-15-29-55(51)60-40-59(63-62(64-60)57-30-16-14-26-52(57)43-20-5-2-6-21-43)49-36-48(46-32-31-41-17-7-8-23-45(41)35-46)37-50(38-49)61-54-28-12-10-24-47(54)39-58-53-27-11-9-22-44(53)33-34-56(58)61/h1-40H. The molecule has 0 saturated carbocycles. The van der Waals surface area contributed by atoms with Crippen LogP contribution in [-0.4, -0.2) is 9.97 Å². The summed E-state index contributed by atoms with van der Waals surface area (Å²) in [6, 6.07) is 87.3. The minimum absolute atomic E-state index is 0.676. The topological polar surface area (TPSA) is 25.8 Å². The van der Waals surface area contributed by atoms with Crippen molar-refractivity contribution in [2.24, 2.45) is 0 Å². The first kappa shape index (κ1) is 37.3. The fourth-order valence-electron chi connectivity index (χ4n) is 9.56. The Kier molecular flexibility index (Phi) is 9.20. The molecule has 0 aliphatic rings. The van der Waals surface area contributed by atoms with Crippen LogP contribution in [0.1, 0.15) is 0 Å². The number of fused-ring (bicyclic) bond motifs is 5. The van der Waals surface area contributed by atoms with Crippen LogP contribution in [0.15, 0.2) is 243 Å². The summed E-state index contributed by atoms with van der Waals surface area (Å²) in [7, 11) is 0. The van der Waals surface area contributed by atoms with Gasteiger partial charge in [-0.15, -0.1) is 0 Å². The van der Waals surface area contributed by atoms with Crippen molar-refractivity contribution in [2.45, 2.75) is 0 Å². The Morgan fingerprint density at radius 1 is 0.219 bits per heavy atom. The third kappa shape index (κ3) is 6.70. The molecule has 1 aromatic heterocycles. The monoisotopic (exact) mass is 812 g/mol. The van der Waals surface area contributed by atoms with E-state index < -0.39 is 0 Å². The highest BCUT2D eigenvalue weighted by molar-refractivity contribution is 6.20. The van der Waals surface area contributed by atoms with Crippen LogP contribution >= 0.6 is 0 Å². The molecule has 0 radical (unpaired) electrons. The van der Waals surface area contributed by atoms with E-state index in [2.05, 4.69) is 243 Å². The van der Waals surface area contributed by atoms with E-state index in [9.17, 15) is 0 Å². The number of nitrogens with zero attached hydrogens (tertiary/aromatic N) is 2. The van der Waals surface area contributed by atoms with E-state index in [4.69, 9.17) is 9.97 Å². The summed E-state index contributed by atoms with van der Waals surface area (Å²) < 4.78 is 0. The van der Waals surface area contributed by atoms with Crippen molar-refractivity contribution in [1.29, 1.82) is 0 Å². The summed E-state index contributed by atoms with van der Waals surface area (Å²) in [5, 5.41) is 9.78. The lowest BCUT2D eigenvalue weighted by atomic mass is 9.87. The highest BCUT2D eigenvalue weighted by atomic mass is 14.9. The first-order valence-corrected chi connectivity index (χ1v) is 21.9. The van der Waals surface area contributed by atoms with Crippen LogP contribution in [0.2, 0.25) is 0 Å². The molecule has 12 aromatic rings. The van der Waals surface area contributed by atoms with E-state index in [0.717, 1.165) is 67.0 Å². The summed E-state index contributed by atoms with van der Waals surface area (Å²) >= 11 is 0. The Morgan fingerprint density at radius 2 is 0.750 bits per heavy atom. The van der Waals surface area contributed by atoms with Gasteiger partial charge in [0.25, 0.3) is 0 Å². The number of aromatic nitrogens is 2. The predicted octanol–water partition coefficient (Wildman–Crippen LogP) is 16.8. The molecule has 298 valence electrons. The van der Waals surface area contributed by atoms with Crippen LogP contribution in [0.4, 0.5) is 0 Å². The van der Waals surface area contributed by atoms with Gasteiger partial charge in [0.2, 0.25) is 0 Å². The van der Waals surface area contributed by atoms with Crippen LogP contribution in [0.5, 0.6) is 0 Å². The summed E-state index contributed by atoms with van der Waals surface area (Å²) in [6.07, 6.45) is 0. The normalized spacial score (nSPS) is 11.4. The van der Waals surface area contributed by atoms with Crippen LogP contribution in [0.25, 0.3) is 122 Å². The molecule has 0 N–H and O–H groups in total. The SMILES string of the molecule is c1ccc(-c2ccccc2-c2cc(-c3cc(-c4ccc5ccccc5c4)cc(-c4c5ccccc5cc5c4ccc4ccccc45)c3)nc(-c3ccccc3-c3ccccc3)n2)cc1. The van der Waals surface area contributed by atoms with Crippen LogP contribution in [0.3, 0.4) is 0 Å². The quantitative estimate of drug-likeness (QED) is 0.118. The van der Waals surface area contributed by atoms with Crippen LogP contribution in [0, 0.1) is 0 Å². The number of rotatable bonds is 7. The van der Waals surface area contributed by atoms with Gasteiger partial charge in [0.15, 0.2) is 5.82 Å².